The maximum absolute atomic E-state index is 6.22. The number of halogens is 1. The van der Waals surface area contributed by atoms with Gasteiger partial charge in [0.25, 0.3) is 0 Å². The molecule has 2 aromatic rings. The normalized spacial score (nSPS) is 22.5. The molecule has 1 heterocycles. The summed E-state index contributed by atoms with van der Waals surface area (Å²) in [7, 11) is 1.80. The van der Waals surface area contributed by atoms with Gasteiger partial charge in [0.2, 0.25) is 0 Å². The SMILES string of the molecule is COC1CCC(NCc2ccc(Cl)c3cccnc23)C1. The molecule has 1 aromatic heterocycles. The van der Waals surface area contributed by atoms with Crippen LogP contribution in [0.4, 0.5) is 0 Å². The highest BCUT2D eigenvalue weighted by molar-refractivity contribution is 6.35. The summed E-state index contributed by atoms with van der Waals surface area (Å²) in [6, 6.07) is 8.49. The first kappa shape index (κ1) is 13.8. The molecule has 106 valence electrons. The maximum Gasteiger partial charge on any atom is 0.0761 e. The van der Waals surface area contributed by atoms with Crippen molar-refractivity contribution in [2.45, 2.75) is 38.0 Å². The highest BCUT2D eigenvalue weighted by atomic mass is 35.5. The van der Waals surface area contributed by atoms with Crippen LogP contribution in [0.15, 0.2) is 30.5 Å². The first-order valence-electron chi connectivity index (χ1n) is 7.06. The Morgan fingerprint density at radius 1 is 1.35 bits per heavy atom. The van der Waals surface area contributed by atoms with Gasteiger partial charge >= 0.3 is 0 Å². The Hall–Kier alpha value is -1.16. The number of rotatable bonds is 4. The van der Waals surface area contributed by atoms with Crippen LogP contribution < -0.4 is 5.32 Å². The lowest BCUT2D eigenvalue weighted by molar-refractivity contribution is 0.107. The largest absolute Gasteiger partial charge is 0.381 e. The molecule has 4 heteroatoms. The van der Waals surface area contributed by atoms with Crippen molar-refractivity contribution in [2.24, 2.45) is 0 Å². The van der Waals surface area contributed by atoms with Crippen molar-refractivity contribution in [1.82, 2.24) is 10.3 Å². The molecule has 1 aliphatic carbocycles. The minimum Gasteiger partial charge on any atom is -0.381 e. The van der Waals surface area contributed by atoms with Gasteiger partial charge in [-0.2, -0.15) is 0 Å². The lowest BCUT2D eigenvalue weighted by Gasteiger charge is -2.14. The third-order valence-corrected chi connectivity index (χ3v) is 4.43. The van der Waals surface area contributed by atoms with Crippen LogP contribution in [0.1, 0.15) is 24.8 Å². The predicted molar refractivity (Wildman–Crippen MR) is 82.0 cm³/mol. The molecule has 2 unspecified atom stereocenters. The first-order valence-corrected chi connectivity index (χ1v) is 7.44. The van der Waals surface area contributed by atoms with Crippen LogP contribution in [0, 0.1) is 0 Å². The minimum atomic E-state index is 0.410. The lowest BCUT2D eigenvalue weighted by Crippen LogP contribution is -2.26. The van der Waals surface area contributed by atoms with E-state index in [-0.39, 0.29) is 0 Å². The Morgan fingerprint density at radius 3 is 3.05 bits per heavy atom. The van der Waals surface area contributed by atoms with E-state index >= 15 is 0 Å². The van der Waals surface area contributed by atoms with E-state index in [9.17, 15) is 0 Å². The van der Waals surface area contributed by atoms with E-state index in [2.05, 4.69) is 16.4 Å². The molecule has 0 aliphatic heterocycles. The van der Waals surface area contributed by atoms with E-state index in [4.69, 9.17) is 16.3 Å². The summed E-state index contributed by atoms with van der Waals surface area (Å²) in [5.74, 6) is 0. The molecule has 20 heavy (non-hydrogen) atoms. The number of aromatic nitrogens is 1. The summed E-state index contributed by atoms with van der Waals surface area (Å²) < 4.78 is 5.41. The summed E-state index contributed by atoms with van der Waals surface area (Å²) in [6.45, 7) is 0.825. The molecular weight excluding hydrogens is 272 g/mol. The van der Waals surface area contributed by atoms with Crippen LogP contribution in [0.2, 0.25) is 5.02 Å². The number of methoxy groups -OCH3 is 1. The molecule has 0 bridgehead atoms. The first-order chi connectivity index (χ1) is 9.78. The van der Waals surface area contributed by atoms with Crippen LogP contribution in [0.5, 0.6) is 0 Å². The van der Waals surface area contributed by atoms with E-state index in [1.54, 1.807) is 7.11 Å². The predicted octanol–water partition coefficient (Wildman–Crippen LogP) is 3.55. The molecule has 1 aliphatic rings. The molecular formula is C16H19ClN2O. The monoisotopic (exact) mass is 290 g/mol. The zero-order valence-corrected chi connectivity index (χ0v) is 12.4. The van der Waals surface area contributed by atoms with Crippen molar-refractivity contribution in [2.75, 3.05) is 7.11 Å². The van der Waals surface area contributed by atoms with Gasteiger partial charge in [-0.15, -0.1) is 0 Å². The summed E-state index contributed by atoms with van der Waals surface area (Å²) in [6.07, 6.45) is 5.65. The second-order valence-electron chi connectivity index (χ2n) is 5.35. The smallest absolute Gasteiger partial charge is 0.0761 e. The number of hydrogen-bond acceptors (Lipinski definition) is 3. The topological polar surface area (TPSA) is 34.1 Å². The number of pyridine rings is 1. The third-order valence-electron chi connectivity index (χ3n) is 4.10. The molecule has 2 atom stereocenters. The van der Waals surface area contributed by atoms with Crippen molar-refractivity contribution < 1.29 is 4.74 Å². The quantitative estimate of drug-likeness (QED) is 0.935. The Bertz CT molecular complexity index is 602. The average molecular weight is 291 g/mol. The van der Waals surface area contributed by atoms with Gasteiger partial charge in [-0.1, -0.05) is 17.7 Å². The van der Waals surface area contributed by atoms with Gasteiger partial charge < -0.3 is 10.1 Å². The van der Waals surface area contributed by atoms with Gasteiger partial charge in [0.05, 0.1) is 11.6 Å². The van der Waals surface area contributed by atoms with Crippen LogP contribution in [0.3, 0.4) is 0 Å². The van der Waals surface area contributed by atoms with Crippen LogP contribution in [0.25, 0.3) is 10.9 Å². The molecule has 3 nitrogen and oxygen atoms in total. The summed E-state index contributed by atoms with van der Waals surface area (Å²) in [5.41, 5.74) is 2.19. The minimum absolute atomic E-state index is 0.410. The Labute approximate surface area is 124 Å². The van der Waals surface area contributed by atoms with Crippen molar-refractivity contribution in [3.63, 3.8) is 0 Å². The molecule has 0 amide bonds. The van der Waals surface area contributed by atoms with Gasteiger partial charge in [-0.3, -0.25) is 4.98 Å². The van der Waals surface area contributed by atoms with E-state index in [1.807, 2.05) is 24.4 Å². The van der Waals surface area contributed by atoms with E-state index in [0.717, 1.165) is 35.3 Å². The van der Waals surface area contributed by atoms with Crippen molar-refractivity contribution in [1.29, 1.82) is 0 Å². The van der Waals surface area contributed by atoms with Crippen LogP contribution in [-0.4, -0.2) is 24.2 Å². The molecule has 0 saturated heterocycles. The van der Waals surface area contributed by atoms with Gasteiger partial charge in [-0.25, -0.2) is 0 Å². The van der Waals surface area contributed by atoms with Crippen molar-refractivity contribution in [3.05, 3.63) is 41.0 Å². The van der Waals surface area contributed by atoms with E-state index in [1.165, 1.54) is 12.0 Å². The highest BCUT2D eigenvalue weighted by Crippen LogP contribution is 2.26. The second-order valence-corrected chi connectivity index (χ2v) is 5.76. The van der Waals surface area contributed by atoms with Gasteiger partial charge in [-0.05, 0) is 43.0 Å². The van der Waals surface area contributed by atoms with Gasteiger partial charge in [0.1, 0.15) is 0 Å². The number of ether oxygens (including phenoxy) is 1. The second kappa shape index (κ2) is 6.08. The Balaban J connectivity index is 1.74. The standard InChI is InChI=1S/C16H19ClN2O/c1-20-13-6-5-12(9-13)19-10-11-4-7-15(17)14-3-2-8-18-16(11)14/h2-4,7-8,12-13,19H,5-6,9-10H2,1H3. The zero-order chi connectivity index (χ0) is 13.9. The van der Waals surface area contributed by atoms with Crippen molar-refractivity contribution in [3.8, 4) is 0 Å². The van der Waals surface area contributed by atoms with Crippen LogP contribution in [-0.2, 0) is 11.3 Å². The molecule has 0 spiro atoms. The number of nitrogens with one attached hydrogen (secondary N) is 1. The van der Waals surface area contributed by atoms with E-state index in [0.29, 0.717) is 12.1 Å². The fourth-order valence-corrected chi connectivity index (χ4v) is 3.15. The van der Waals surface area contributed by atoms with Crippen molar-refractivity contribution >= 4 is 22.5 Å². The summed E-state index contributed by atoms with van der Waals surface area (Å²) >= 11 is 6.22. The highest BCUT2D eigenvalue weighted by Gasteiger charge is 2.23. The Morgan fingerprint density at radius 2 is 2.25 bits per heavy atom. The molecule has 1 N–H and O–H groups in total. The number of benzene rings is 1. The van der Waals surface area contributed by atoms with Crippen LogP contribution >= 0.6 is 11.6 Å². The fourth-order valence-electron chi connectivity index (χ4n) is 2.93. The maximum atomic E-state index is 6.22. The molecule has 1 fully saturated rings. The number of hydrogen-bond donors (Lipinski definition) is 1. The fraction of sp³-hybridized carbons (Fsp3) is 0.438. The molecule has 3 rings (SSSR count). The summed E-state index contributed by atoms with van der Waals surface area (Å²) in [5, 5.41) is 5.39. The molecule has 1 aromatic carbocycles. The average Bonchev–Trinajstić information content (AvgIpc) is 2.95. The zero-order valence-electron chi connectivity index (χ0n) is 11.6. The number of fused-ring (bicyclic) bond motifs is 1. The van der Waals surface area contributed by atoms with Gasteiger partial charge in [0.15, 0.2) is 0 Å². The molecule has 0 radical (unpaired) electrons. The lowest BCUT2D eigenvalue weighted by atomic mass is 10.1. The van der Waals surface area contributed by atoms with E-state index < -0.39 is 0 Å². The molecule has 1 saturated carbocycles. The third kappa shape index (κ3) is 2.80. The summed E-state index contributed by atoms with van der Waals surface area (Å²) in [4.78, 5) is 4.47. The Kier molecular flexibility index (Phi) is 4.20. The van der Waals surface area contributed by atoms with Gasteiger partial charge in [0, 0.05) is 36.3 Å². The number of nitrogens with zero attached hydrogens (tertiary/aromatic N) is 1.